The zero-order valence-corrected chi connectivity index (χ0v) is 26.1. The molecule has 1 saturated carbocycles. The third-order valence-corrected chi connectivity index (χ3v) is 9.24. The van der Waals surface area contributed by atoms with Gasteiger partial charge in [-0.15, -0.1) is 0 Å². The van der Waals surface area contributed by atoms with Crippen LogP contribution in [0, 0.1) is 34.9 Å². The highest BCUT2D eigenvalue weighted by molar-refractivity contribution is 5.65. The van der Waals surface area contributed by atoms with Gasteiger partial charge >= 0.3 is 0 Å². The third-order valence-electron chi connectivity index (χ3n) is 9.24. The highest BCUT2D eigenvalue weighted by Crippen LogP contribution is 2.35. The van der Waals surface area contributed by atoms with Crippen molar-refractivity contribution < 1.29 is 9.13 Å². The van der Waals surface area contributed by atoms with Gasteiger partial charge < -0.3 is 4.74 Å². The molecule has 0 spiro atoms. The minimum Gasteiger partial charge on any atom is -0.493 e. The number of ether oxygens (including phenoxy) is 1. The summed E-state index contributed by atoms with van der Waals surface area (Å²) in [4.78, 5) is 0. The van der Waals surface area contributed by atoms with Gasteiger partial charge in [0.25, 0.3) is 0 Å². The Kier molecular flexibility index (Phi) is 16.0. The van der Waals surface area contributed by atoms with Crippen LogP contribution < -0.4 is 4.74 Å². The molecule has 41 heavy (non-hydrogen) atoms. The lowest BCUT2D eigenvalue weighted by Crippen LogP contribution is -2.16. The zero-order chi connectivity index (χ0) is 29.1. The first kappa shape index (κ1) is 33.2. The smallest absolute Gasteiger partial charge is 0.134 e. The number of hydrogen-bond donors (Lipinski definition) is 0. The normalized spacial score (nSPS) is 17.7. The Morgan fingerprint density at radius 1 is 0.780 bits per heavy atom. The van der Waals surface area contributed by atoms with E-state index in [1.54, 1.807) is 0 Å². The number of unbranched alkanes of at least 4 members (excludes halogenated alkanes) is 9. The number of halogens is 1. The predicted molar refractivity (Wildman–Crippen MR) is 172 cm³/mol. The molecule has 0 amide bonds. The molecule has 2 nitrogen and oxygen atoms in total. The van der Waals surface area contributed by atoms with Crippen LogP contribution >= 0.6 is 0 Å². The lowest BCUT2D eigenvalue weighted by molar-refractivity contribution is 0.241. The van der Waals surface area contributed by atoms with Gasteiger partial charge in [-0.05, 0) is 60.8 Å². The number of rotatable bonds is 20. The number of hydrogen-bond acceptors (Lipinski definition) is 2. The monoisotopic (exact) mass is 561 g/mol. The Morgan fingerprint density at radius 3 is 2.02 bits per heavy atom. The molecule has 226 valence electrons. The van der Waals surface area contributed by atoms with E-state index in [1.165, 1.54) is 109 Å². The Hall–Kier alpha value is -2.34. The first-order chi connectivity index (χ1) is 20.1. The summed E-state index contributed by atoms with van der Waals surface area (Å²) in [6.07, 6.45) is 24.0. The van der Waals surface area contributed by atoms with E-state index in [9.17, 15) is 9.65 Å². The second kappa shape index (κ2) is 19.7. The van der Waals surface area contributed by atoms with E-state index >= 15 is 0 Å². The third kappa shape index (κ3) is 12.6. The molecule has 1 atom stereocenters. The van der Waals surface area contributed by atoms with Gasteiger partial charge in [-0.3, -0.25) is 0 Å². The lowest BCUT2D eigenvalue weighted by Gasteiger charge is -2.29. The maximum atomic E-state index is 14.9. The van der Waals surface area contributed by atoms with E-state index in [4.69, 9.17) is 4.74 Å². The first-order valence-electron chi connectivity index (χ1n) is 17.0. The highest BCUT2D eigenvalue weighted by atomic mass is 19.1. The average molecular weight is 562 g/mol. The van der Waals surface area contributed by atoms with E-state index in [0.29, 0.717) is 17.9 Å². The van der Waals surface area contributed by atoms with Gasteiger partial charge in [-0.25, -0.2) is 4.39 Å². The van der Waals surface area contributed by atoms with Gasteiger partial charge in [0, 0.05) is 11.6 Å². The quantitative estimate of drug-likeness (QED) is 0.151. The van der Waals surface area contributed by atoms with Gasteiger partial charge in [0.15, 0.2) is 0 Å². The Morgan fingerprint density at radius 2 is 1.39 bits per heavy atom. The second-order valence-corrected chi connectivity index (χ2v) is 12.7. The van der Waals surface area contributed by atoms with Crippen molar-refractivity contribution in [2.45, 2.75) is 136 Å². The fourth-order valence-corrected chi connectivity index (χ4v) is 6.49. The van der Waals surface area contributed by atoms with E-state index < -0.39 is 0 Å². The van der Waals surface area contributed by atoms with Crippen molar-refractivity contribution in [3.05, 3.63) is 53.8 Å². The summed E-state index contributed by atoms with van der Waals surface area (Å²) in [5.74, 6) is 2.14. The molecular formula is C38H56FNO. The molecule has 0 saturated heterocycles. The first-order valence-corrected chi connectivity index (χ1v) is 17.0. The topological polar surface area (TPSA) is 33.0 Å². The highest BCUT2D eigenvalue weighted by Gasteiger charge is 2.22. The van der Waals surface area contributed by atoms with Crippen LogP contribution in [-0.4, -0.2) is 6.61 Å². The van der Waals surface area contributed by atoms with Crippen molar-refractivity contribution in [3.8, 4) is 22.9 Å². The summed E-state index contributed by atoms with van der Waals surface area (Å²) in [7, 11) is 0. The molecule has 2 aromatic carbocycles. The number of nitrogens with zero attached hydrogens (tertiary/aromatic N) is 1. The molecule has 0 heterocycles. The molecule has 1 aliphatic carbocycles. The molecule has 0 bridgehead atoms. The Labute approximate surface area is 251 Å². The SMILES string of the molecule is CCCCCCCCOc1ccc(-c2ccc(CC(C#N)CC[C@H]3CC[C@H](CCCCCCC)CC3)cc2)c(F)c1. The molecule has 3 heteroatoms. The summed E-state index contributed by atoms with van der Waals surface area (Å²) in [5, 5.41) is 9.83. The molecule has 0 aliphatic heterocycles. The maximum Gasteiger partial charge on any atom is 0.134 e. The van der Waals surface area contributed by atoms with Crippen LogP contribution in [0.15, 0.2) is 42.5 Å². The average Bonchev–Trinajstić information content (AvgIpc) is 3.00. The lowest BCUT2D eigenvalue weighted by atomic mass is 9.77. The second-order valence-electron chi connectivity index (χ2n) is 12.7. The molecule has 0 aromatic heterocycles. The molecular weight excluding hydrogens is 505 g/mol. The minimum absolute atomic E-state index is 0.0527. The largest absolute Gasteiger partial charge is 0.493 e. The molecule has 1 aliphatic rings. The van der Waals surface area contributed by atoms with Crippen LogP contribution in [0.3, 0.4) is 0 Å². The van der Waals surface area contributed by atoms with Crippen molar-refractivity contribution in [3.63, 3.8) is 0 Å². The van der Waals surface area contributed by atoms with Crippen LogP contribution in [-0.2, 0) is 6.42 Å². The number of nitriles is 1. The van der Waals surface area contributed by atoms with E-state index in [1.807, 2.05) is 24.3 Å². The van der Waals surface area contributed by atoms with Crippen LogP contribution in [0.1, 0.15) is 135 Å². The van der Waals surface area contributed by atoms with Crippen molar-refractivity contribution >= 4 is 0 Å². The van der Waals surface area contributed by atoms with Crippen molar-refractivity contribution in [2.24, 2.45) is 17.8 Å². The fraction of sp³-hybridized carbons (Fsp3) is 0.658. The standard InChI is InChI=1S/C38H56FNO/c1-3-5-7-9-11-13-27-41-36-25-26-37(38(39)29-36)35-23-21-33(22-24-35)28-34(30-40)20-19-32-17-15-31(16-18-32)14-12-10-8-6-4-2/h21-26,29,31-32,34H,3-20,27-28H2,1-2H3/t31-,32-,34?. The maximum absolute atomic E-state index is 14.9. The van der Waals surface area contributed by atoms with Gasteiger partial charge in [0.1, 0.15) is 11.6 Å². The molecule has 1 fully saturated rings. The van der Waals surface area contributed by atoms with E-state index in [2.05, 4.69) is 32.0 Å². The van der Waals surface area contributed by atoms with Gasteiger partial charge in [0.05, 0.1) is 18.6 Å². The summed E-state index contributed by atoms with van der Waals surface area (Å²) in [5.41, 5.74) is 2.62. The predicted octanol–water partition coefficient (Wildman–Crippen LogP) is 11.9. The summed E-state index contributed by atoms with van der Waals surface area (Å²) in [6, 6.07) is 15.9. The van der Waals surface area contributed by atoms with E-state index in [-0.39, 0.29) is 11.7 Å². The summed E-state index contributed by atoms with van der Waals surface area (Å²) in [6.45, 7) is 5.15. The van der Waals surface area contributed by atoms with Crippen molar-refractivity contribution in [2.75, 3.05) is 6.61 Å². The van der Waals surface area contributed by atoms with Crippen molar-refractivity contribution in [1.82, 2.24) is 0 Å². The van der Waals surface area contributed by atoms with Crippen LogP contribution in [0.25, 0.3) is 11.1 Å². The van der Waals surface area contributed by atoms with Crippen LogP contribution in [0.5, 0.6) is 5.75 Å². The van der Waals surface area contributed by atoms with Crippen LogP contribution in [0.2, 0.25) is 0 Å². The molecule has 0 N–H and O–H groups in total. The molecule has 2 aromatic rings. The summed E-state index contributed by atoms with van der Waals surface area (Å²) >= 11 is 0. The molecule has 1 unspecified atom stereocenters. The van der Waals surface area contributed by atoms with Crippen LogP contribution in [0.4, 0.5) is 4.39 Å². The number of benzene rings is 2. The molecule has 3 rings (SSSR count). The summed E-state index contributed by atoms with van der Waals surface area (Å²) < 4.78 is 20.7. The Bertz CT molecular complexity index is 1000. The zero-order valence-electron chi connectivity index (χ0n) is 26.1. The fourth-order valence-electron chi connectivity index (χ4n) is 6.49. The van der Waals surface area contributed by atoms with Gasteiger partial charge in [-0.1, -0.05) is 134 Å². The van der Waals surface area contributed by atoms with Gasteiger partial charge in [-0.2, -0.15) is 5.26 Å². The molecule has 0 radical (unpaired) electrons. The van der Waals surface area contributed by atoms with E-state index in [0.717, 1.165) is 42.2 Å². The van der Waals surface area contributed by atoms with Gasteiger partial charge in [0.2, 0.25) is 0 Å². The Balaban J connectivity index is 1.37. The van der Waals surface area contributed by atoms with Crippen molar-refractivity contribution in [1.29, 1.82) is 5.26 Å². The minimum atomic E-state index is -0.251.